The summed E-state index contributed by atoms with van der Waals surface area (Å²) in [5.41, 5.74) is 0.879. The molecule has 0 spiro atoms. The fourth-order valence-corrected chi connectivity index (χ4v) is 2.20. The van der Waals surface area contributed by atoms with E-state index in [0.29, 0.717) is 15.9 Å². The fourth-order valence-electron chi connectivity index (χ4n) is 2.02. The lowest BCUT2D eigenvalue weighted by atomic mass is 10.1. The lowest BCUT2D eigenvalue weighted by molar-refractivity contribution is 0.0682. The topological polar surface area (TPSA) is 59.3 Å². The van der Waals surface area contributed by atoms with Crippen molar-refractivity contribution in [3.05, 3.63) is 34.5 Å². The van der Waals surface area contributed by atoms with Gasteiger partial charge in [-0.3, -0.25) is 4.79 Å². The first kappa shape index (κ1) is 11.7. The van der Waals surface area contributed by atoms with Crippen LogP contribution in [0.3, 0.4) is 0 Å². The maximum Gasteiger partial charge on any atom is 0.353 e. The number of ketones is 1. The third-order valence-electron chi connectivity index (χ3n) is 2.72. The van der Waals surface area contributed by atoms with Gasteiger partial charge >= 0.3 is 5.97 Å². The van der Waals surface area contributed by atoms with Crippen molar-refractivity contribution in [2.75, 3.05) is 0 Å². The van der Waals surface area contributed by atoms with E-state index in [1.54, 1.807) is 25.2 Å². The molecule has 0 radical (unpaired) electrons. The average Bonchev–Trinajstić information content (AvgIpc) is 2.51. The second-order valence-corrected chi connectivity index (χ2v) is 4.24. The van der Waals surface area contributed by atoms with Crippen molar-refractivity contribution in [1.82, 2.24) is 4.57 Å². The summed E-state index contributed by atoms with van der Waals surface area (Å²) in [6.45, 7) is 1.35. The first-order chi connectivity index (χ1) is 7.93. The summed E-state index contributed by atoms with van der Waals surface area (Å²) in [4.78, 5) is 22.8. The molecule has 1 N–H and O–H groups in total. The predicted octanol–water partition coefficient (Wildman–Crippen LogP) is 2.73. The Labute approximate surface area is 102 Å². The summed E-state index contributed by atoms with van der Waals surface area (Å²) in [5, 5.41) is 10.2. The van der Waals surface area contributed by atoms with Gasteiger partial charge in [0.15, 0.2) is 5.78 Å². The number of aryl methyl sites for hydroxylation is 1. The summed E-state index contributed by atoms with van der Waals surface area (Å²) in [6, 6.07) is 4.98. The van der Waals surface area contributed by atoms with Crippen molar-refractivity contribution in [2.24, 2.45) is 7.05 Å². The van der Waals surface area contributed by atoms with Crippen molar-refractivity contribution in [3.63, 3.8) is 0 Å². The summed E-state index contributed by atoms with van der Waals surface area (Å²) in [7, 11) is 1.62. The smallest absolute Gasteiger partial charge is 0.353 e. The molecule has 1 aromatic carbocycles. The van der Waals surface area contributed by atoms with Gasteiger partial charge in [-0.2, -0.15) is 0 Å². The molecule has 0 aliphatic carbocycles. The van der Waals surface area contributed by atoms with E-state index in [4.69, 9.17) is 16.7 Å². The molecule has 5 heteroatoms. The second-order valence-electron chi connectivity index (χ2n) is 3.81. The lowest BCUT2D eigenvalue weighted by Gasteiger charge is -1.99. The Morgan fingerprint density at radius 3 is 2.53 bits per heavy atom. The Balaban J connectivity index is 2.99. The minimum Gasteiger partial charge on any atom is -0.477 e. The molecule has 0 saturated carbocycles. The van der Waals surface area contributed by atoms with Crippen LogP contribution in [0.15, 0.2) is 18.2 Å². The zero-order valence-corrected chi connectivity index (χ0v) is 10.1. The van der Waals surface area contributed by atoms with Crippen molar-refractivity contribution in [3.8, 4) is 0 Å². The van der Waals surface area contributed by atoms with Crippen LogP contribution >= 0.6 is 11.6 Å². The maximum atomic E-state index is 11.6. The molecule has 1 heterocycles. The Morgan fingerprint density at radius 2 is 2.00 bits per heavy atom. The summed E-state index contributed by atoms with van der Waals surface area (Å²) in [5.74, 6) is -1.40. The van der Waals surface area contributed by atoms with Crippen molar-refractivity contribution < 1.29 is 14.7 Å². The summed E-state index contributed by atoms with van der Waals surface area (Å²) >= 11 is 5.87. The molecule has 0 amide bonds. The second kappa shape index (κ2) is 3.89. The Hall–Kier alpha value is -1.81. The highest BCUT2D eigenvalue weighted by Gasteiger charge is 2.23. The minimum absolute atomic E-state index is 0.00485. The van der Waals surface area contributed by atoms with Crippen molar-refractivity contribution >= 4 is 34.3 Å². The quantitative estimate of drug-likeness (QED) is 0.835. The van der Waals surface area contributed by atoms with Gasteiger partial charge in [-0.1, -0.05) is 11.6 Å². The lowest BCUT2D eigenvalue weighted by Crippen LogP contribution is -2.09. The number of rotatable bonds is 2. The molecule has 2 rings (SSSR count). The summed E-state index contributed by atoms with van der Waals surface area (Å²) in [6.07, 6.45) is 0. The van der Waals surface area contributed by atoms with Gasteiger partial charge in [0.2, 0.25) is 0 Å². The van der Waals surface area contributed by atoms with E-state index in [2.05, 4.69) is 0 Å². The molecule has 1 aromatic heterocycles. The minimum atomic E-state index is -1.12. The molecule has 0 bridgehead atoms. The third kappa shape index (κ3) is 1.70. The number of carbonyl (C=O) groups excluding carboxylic acids is 1. The van der Waals surface area contributed by atoms with Crippen molar-refractivity contribution in [2.45, 2.75) is 6.92 Å². The number of hydrogen-bond donors (Lipinski definition) is 1. The number of fused-ring (bicyclic) bond motifs is 1. The van der Waals surface area contributed by atoms with E-state index in [1.807, 2.05) is 0 Å². The number of carboxylic acids is 1. The molecule has 17 heavy (non-hydrogen) atoms. The van der Waals surface area contributed by atoms with Gasteiger partial charge in [-0.05, 0) is 25.1 Å². The van der Waals surface area contributed by atoms with E-state index in [9.17, 15) is 9.59 Å². The molecule has 0 aliphatic heterocycles. The SMILES string of the molecule is CC(=O)c1c(C(=O)O)n(C)c2ccc(Cl)cc12. The normalized spacial score (nSPS) is 10.8. The molecule has 0 fully saturated rings. The monoisotopic (exact) mass is 251 g/mol. The largest absolute Gasteiger partial charge is 0.477 e. The van der Waals surface area contributed by atoms with Gasteiger partial charge in [0.25, 0.3) is 0 Å². The first-order valence-corrected chi connectivity index (χ1v) is 5.33. The number of carboxylic acid groups (broad SMARTS) is 1. The van der Waals surface area contributed by atoms with E-state index in [1.165, 1.54) is 11.5 Å². The Morgan fingerprint density at radius 1 is 1.35 bits per heavy atom. The molecule has 4 nitrogen and oxygen atoms in total. The number of aromatic carboxylic acids is 1. The first-order valence-electron chi connectivity index (χ1n) is 4.95. The molecule has 0 unspecified atom stereocenters. The molecule has 88 valence electrons. The highest BCUT2D eigenvalue weighted by atomic mass is 35.5. The molecular weight excluding hydrogens is 242 g/mol. The number of benzene rings is 1. The van der Waals surface area contributed by atoms with Crippen LogP contribution in [0.1, 0.15) is 27.8 Å². The predicted molar refractivity (Wildman–Crippen MR) is 64.9 cm³/mol. The molecule has 0 aliphatic rings. The number of nitrogens with zero attached hydrogens (tertiary/aromatic N) is 1. The van der Waals surface area contributed by atoms with Gasteiger partial charge in [0, 0.05) is 23.0 Å². The maximum absolute atomic E-state index is 11.6. The van der Waals surface area contributed by atoms with Gasteiger partial charge in [0.05, 0.1) is 5.56 Å². The summed E-state index contributed by atoms with van der Waals surface area (Å²) < 4.78 is 1.49. The van der Waals surface area contributed by atoms with Crippen LogP contribution < -0.4 is 0 Å². The molecule has 2 aromatic rings. The van der Waals surface area contributed by atoms with Crippen molar-refractivity contribution in [1.29, 1.82) is 0 Å². The van der Waals surface area contributed by atoms with Crippen LogP contribution in [0, 0.1) is 0 Å². The highest BCUT2D eigenvalue weighted by molar-refractivity contribution is 6.31. The number of carbonyl (C=O) groups is 2. The number of aromatic nitrogens is 1. The van der Waals surface area contributed by atoms with Crippen LogP contribution in [0.25, 0.3) is 10.9 Å². The van der Waals surface area contributed by atoms with Gasteiger partial charge in [-0.15, -0.1) is 0 Å². The van der Waals surface area contributed by atoms with E-state index >= 15 is 0 Å². The van der Waals surface area contributed by atoms with Crippen LogP contribution in [0.2, 0.25) is 5.02 Å². The fraction of sp³-hybridized carbons (Fsp3) is 0.167. The van der Waals surface area contributed by atoms with Crippen LogP contribution in [-0.4, -0.2) is 21.4 Å². The van der Waals surface area contributed by atoms with Crippen LogP contribution in [-0.2, 0) is 7.05 Å². The number of Topliss-reactive ketones (excluding diaryl/α,β-unsaturated/α-hetero) is 1. The highest BCUT2D eigenvalue weighted by Crippen LogP contribution is 2.28. The molecule has 0 atom stereocenters. The zero-order chi connectivity index (χ0) is 12.7. The van der Waals surface area contributed by atoms with Crippen LogP contribution in [0.4, 0.5) is 0 Å². The van der Waals surface area contributed by atoms with Gasteiger partial charge in [-0.25, -0.2) is 4.79 Å². The van der Waals surface area contributed by atoms with E-state index in [-0.39, 0.29) is 17.0 Å². The van der Waals surface area contributed by atoms with Gasteiger partial charge < -0.3 is 9.67 Å². The average molecular weight is 252 g/mol. The Bertz CT molecular complexity index is 643. The van der Waals surface area contributed by atoms with Crippen LogP contribution in [0.5, 0.6) is 0 Å². The number of halogens is 1. The number of hydrogen-bond acceptors (Lipinski definition) is 2. The van der Waals surface area contributed by atoms with E-state index < -0.39 is 5.97 Å². The molecular formula is C12H10ClNO3. The third-order valence-corrected chi connectivity index (χ3v) is 2.95. The zero-order valence-electron chi connectivity index (χ0n) is 9.32. The standard InChI is InChI=1S/C12H10ClNO3/c1-6(15)10-8-5-7(13)3-4-9(8)14(2)11(10)12(16)17/h3-5H,1-2H3,(H,16,17). The van der Waals surface area contributed by atoms with Gasteiger partial charge in [0.1, 0.15) is 5.69 Å². The molecule has 0 saturated heterocycles. The Kier molecular flexibility index (Phi) is 2.67. The van der Waals surface area contributed by atoms with E-state index in [0.717, 1.165) is 0 Å².